The molecule has 0 saturated carbocycles. The molecule has 108 valence electrons. The van der Waals surface area contributed by atoms with E-state index >= 15 is 0 Å². The minimum absolute atomic E-state index is 0.0128. The molecule has 0 saturated heterocycles. The van der Waals surface area contributed by atoms with Crippen molar-refractivity contribution in [3.63, 3.8) is 0 Å². The van der Waals surface area contributed by atoms with Gasteiger partial charge in [0.1, 0.15) is 4.90 Å². The van der Waals surface area contributed by atoms with Gasteiger partial charge in [0.15, 0.2) is 0 Å². The second-order valence-electron chi connectivity index (χ2n) is 3.83. The molecule has 0 amide bonds. The van der Waals surface area contributed by atoms with Gasteiger partial charge in [-0.1, -0.05) is 46.1 Å². The van der Waals surface area contributed by atoms with Gasteiger partial charge in [0.25, 0.3) is 0 Å². The van der Waals surface area contributed by atoms with Gasteiger partial charge in [-0.25, -0.2) is 8.42 Å². The van der Waals surface area contributed by atoms with Gasteiger partial charge in [-0.05, 0) is 18.6 Å². The van der Waals surface area contributed by atoms with E-state index in [2.05, 4.69) is 15.9 Å². The van der Waals surface area contributed by atoms with Crippen LogP contribution in [0.25, 0.3) is 0 Å². The van der Waals surface area contributed by atoms with Gasteiger partial charge in [0.05, 0.1) is 16.7 Å². The van der Waals surface area contributed by atoms with E-state index in [0.29, 0.717) is 17.4 Å². The third kappa shape index (κ3) is 4.06. The molecule has 0 atom stereocenters. The van der Waals surface area contributed by atoms with Crippen molar-refractivity contribution in [3.05, 3.63) is 26.7 Å². The minimum atomic E-state index is -3.81. The molecule has 0 aliphatic heterocycles. The van der Waals surface area contributed by atoms with Crippen molar-refractivity contribution in [2.75, 3.05) is 19.7 Å². The monoisotopic (exact) mass is 389 g/mol. The van der Waals surface area contributed by atoms with Gasteiger partial charge in [0, 0.05) is 17.6 Å². The van der Waals surface area contributed by atoms with Gasteiger partial charge < -0.3 is 5.11 Å². The Labute approximate surface area is 131 Å². The van der Waals surface area contributed by atoms with Crippen LogP contribution >= 0.6 is 39.1 Å². The number of hydrogen-bond acceptors (Lipinski definition) is 3. The van der Waals surface area contributed by atoms with Crippen LogP contribution in [0.4, 0.5) is 0 Å². The fourth-order valence-corrected chi connectivity index (χ4v) is 5.02. The topological polar surface area (TPSA) is 57.6 Å². The van der Waals surface area contributed by atoms with E-state index in [1.54, 1.807) is 0 Å². The van der Waals surface area contributed by atoms with E-state index in [4.69, 9.17) is 28.3 Å². The van der Waals surface area contributed by atoms with Gasteiger partial charge >= 0.3 is 0 Å². The quantitative estimate of drug-likeness (QED) is 0.811. The van der Waals surface area contributed by atoms with Crippen molar-refractivity contribution in [1.82, 2.24) is 4.31 Å². The second kappa shape index (κ2) is 7.24. The maximum Gasteiger partial charge on any atom is 0.246 e. The van der Waals surface area contributed by atoms with Crippen molar-refractivity contribution in [1.29, 1.82) is 0 Å². The van der Waals surface area contributed by atoms with Crippen LogP contribution in [0.15, 0.2) is 21.5 Å². The molecule has 0 aliphatic carbocycles. The fourth-order valence-electron chi connectivity index (χ4n) is 1.62. The van der Waals surface area contributed by atoms with Crippen molar-refractivity contribution < 1.29 is 13.5 Å². The fraction of sp³-hybridized carbons (Fsp3) is 0.455. The summed E-state index contributed by atoms with van der Waals surface area (Å²) in [5, 5.41) is 9.08. The Bertz CT molecular complexity index is 522. The van der Waals surface area contributed by atoms with Crippen LogP contribution in [0.5, 0.6) is 0 Å². The first kappa shape index (κ1) is 17.2. The lowest BCUT2D eigenvalue weighted by Gasteiger charge is -2.22. The van der Waals surface area contributed by atoms with Gasteiger partial charge in [-0.3, -0.25) is 0 Å². The number of rotatable bonds is 6. The number of benzene rings is 1. The lowest BCUT2D eigenvalue weighted by atomic mass is 10.4. The van der Waals surface area contributed by atoms with Crippen molar-refractivity contribution in [3.8, 4) is 0 Å². The Hall–Kier alpha value is 0.150. The molecule has 0 aliphatic rings. The van der Waals surface area contributed by atoms with Crippen molar-refractivity contribution >= 4 is 49.2 Å². The molecule has 0 radical (unpaired) electrons. The number of aliphatic hydroxyl groups excluding tert-OH is 1. The molecular formula is C11H14BrCl2NO3S. The van der Waals surface area contributed by atoms with Crippen molar-refractivity contribution in [2.24, 2.45) is 0 Å². The highest BCUT2D eigenvalue weighted by Crippen LogP contribution is 2.34. The molecule has 0 aromatic heterocycles. The highest BCUT2D eigenvalue weighted by atomic mass is 79.9. The smallest absolute Gasteiger partial charge is 0.246 e. The lowest BCUT2D eigenvalue weighted by Crippen LogP contribution is -2.34. The normalized spacial score (nSPS) is 12.1. The summed E-state index contributed by atoms with van der Waals surface area (Å²) >= 11 is 15.2. The summed E-state index contributed by atoms with van der Waals surface area (Å²) in [6, 6.07) is 2.95. The van der Waals surface area contributed by atoms with Crippen molar-refractivity contribution in [2.45, 2.75) is 18.2 Å². The molecule has 1 aromatic rings. The van der Waals surface area contributed by atoms with E-state index in [0.717, 1.165) is 0 Å². The number of nitrogens with zero attached hydrogens (tertiary/aromatic N) is 1. The Kier molecular flexibility index (Phi) is 6.56. The van der Waals surface area contributed by atoms with Crippen LogP contribution in [0.3, 0.4) is 0 Å². The lowest BCUT2D eigenvalue weighted by molar-refractivity contribution is 0.253. The largest absolute Gasteiger partial charge is 0.395 e. The highest BCUT2D eigenvalue weighted by Gasteiger charge is 2.28. The zero-order valence-corrected chi connectivity index (χ0v) is 14.2. The molecule has 1 N–H and O–H groups in total. The molecule has 1 rings (SSSR count). The molecule has 4 nitrogen and oxygen atoms in total. The van der Waals surface area contributed by atoms with Crippen LogP contribution in [-0.2, 0) is 10.0 Å². The maximum atomic E-state index is 12.5. The van der Waals surface area contributed by atoms with E-state index in [1.165, 1.54) is 16.4 Å². The third-order valence-electron chi connectivity index (χ3n) is 2.38. The highest BCUT2D eigenvalue weighted by molar-refractivity contribution is 9.10. The third-order valence-corrected chi connectivity index (χ3v) is 5.66. The first-order chi connectivity index (χ1) is 8.84. The van der Waals surface area contributed by atoms with E-state index in [9.17, 15) is 8.42 Å². The molecule has 0 fully saturated rings. The number of sulfonamides is 1. The first-order valence-electron chi connectivity index (χ1n) is 5.60. The Morgan fingerprint density at radius 1 is 1.26 bits per heavy atom. The average molecular weight is 391 g/mol. The summed E-state index contributed by atoms with van der Waals surface area (Å²) in [6.07, 6.45) is 0.630. The van der Waals surface area contributed by atoms with Gasteiger partial charge in [-0.2, -0.15) is 4.31 Å². The Morgan fingerprint density at radius 2 is 1.79 bits per heavy atom. The second-order valence-corrected chi connectivity index (χ2v) is 7.43. The summed E-state index contributed by atoms with van der Waals surface area (Å²) < 4.78 is 26.8. The van der Waals surface area contributed by atoms with E-state index < -0.39 is 10.0 Å². The number of halogens is 3. The summed E-state index contributed by atoms with van der Waals surface area (Å²) in [4.78, 5) is -0.124. The van der Waals surface area contributed by atoms with Crippen LogP contribution in [0.2, 0.25) is 10.0 Å². The number of aliphatic hydroxyl groups is 1. The molecule has 1 aromatic carbocycles. The number of hydrogen-bond donors (Lipinski definition) is 1. The van der Waals surface area contributed by atoms with Gasteiger partial charge in [0.2, 0.25) is 10.0 Å². The van der Waals surface area contributed by atoms with Gasteiger partial charge in [-0.15, -0.1) is 0 Å². The molecule has 0 bridgehead atoms. The molecule has 19 heavy (non-hydrogen) atoms. The zero-order chi connectivity index (χ0) is 14.6. The molecule has 8 heteroatoms. The zero-order valence-electron chi connectivity index (χ0n) is 10.2. The average Bonchev–Trinajstić information content (AvgIpc) is 2.26. The predicted molar refractivity (Wildman–Crippen MR) is 80.3 cm³/mol. The molecule has 0 unspecified atom stereocenters. The summed E-state index contributed by atoms with van der Waals surface area (Å²) in [6.45, 7) is 1.90. The molecular weight excluding hydrogens is 377 g/mol. The summed E-state index contributed by atoms with van der Waals surface area (Å²) in [5.41, 5.74) is 0. The van der Waals surface area contributed by atoms with Crippen LogP contribution in [0, 0.1) is 0 Å². The predicted octanol–water partition coefficient (Wildman–Crippen LogP) is 3.15. The standard InChI is InChI=1S/C11H14BrCl2NO3S/c1-2-3-15(4-5-16)19(17,18)11-9(13)6-8(12)7-10(11)14/h6-7,16H,2-5H2,1H3. The first-order valence-corrected chi connectivity index (χ1v) is 8.59. The van der Waals surface area contributed by atoms with Crippen LogP contribution in [0.1, 0.15) is 13.3 Å². The van der Waals surface area contributed by atoms with Crippen LogP contribution in [-0.4, -0.2) is 37.5 Å². The van der Waals surface area contributed by atoms with Crippen LogP contribution < -0.4 is 0 Å². The SMILES string of the molecule is CCCN(CCO)S(=O)(=O)c1c(Cl)cc(Br)cc1Cl. The Morgan fingerprint density at radius 3 is 2.21 bits per heavy atom. The van der Waals surface area contributed by atoms with E-state index in [-0.39, 0.29) is 28.1 Å². The molecule has 0 spiro atoms. The maximum absolute atomic E-state index is 12.5. The Balaban J connectivity index is 3.33. The summed E-state index contributed by atoms with van der Waals surface area (Å²) in [7, 11) is -3.81. The van der Waals surface area contributed by atoms with E-state index in [1.807, 2.05) is 6.92 Å². The minimum Gasteiger partial charge on any atom is -0.395 e. The summed E-state index contributed by atoms with van der Waals surface area (Å²) in [5.74, 6) is 0. The molecule has 0 heterocycles.